The van der Waals surface area contributed by atoms with Gasteiger partial charge < -0.3 is 19.9 Å². The highest BCUT2D eigenvalue weighted by atomic mass is 19.1. The Kier molecular flexibility index (Phi) is 7.17. The van der Waals surface area contributed by atoms with Gasteiger partial charge in [0.1, 0.15) is 11.6 Å². The van der Waals surface area contributed by atoms with Crippen molar-refractivity contribution in [2.75, 3.05) is 26.2 Å². The third kappa shape index (κ3) is 5.00. The van der Waals surface area contributed by atoms with Crippen molar-refractivity contribution in [1.82, 2.24) is 10.1 Å². The summed E-state index contributed by atoms with van der Waals surface area (Å²) in [5.74, 6) is 0.735. The number of carbonyl (C=O) groups is 1. The summed E-state index contributed by atoms with van der Waals surface area (Å²) >= 11 is 0. The maximum Gasteiger partial charge on any atom is 0.170 e. The number of likely N-dealkylation sites (tertiary alicyclic amines) is 1. The molecule has 2 heterocycles. The van der Waals surface area contributed by atoms with Crippen LogP contribution in [0.1, 0.15) is 60.1 Å². The zero-order chi connectivity index (χ0) is 22.5. The SMILES string of the molecule is CCC(=O)c1cc(CN)ccc1OCCCN1CCC(c2noc3cc(F)ccc23)CC1. The summed E-state index contributed by atoms with van der Waals surface area (Å²) in [5.41, 5.74) is 8.72. The quantitative estimate of drug-likeness (QED) is 0.386. The van der Waals surface area contributed by atoms with E-state index in [0.29, 0.717) is 42.4 Å². The number of fused-ring (bicyclic) bond motifs is 1. The fourth-order valence-electron chi connectivity index (χ4n) is 4.36. The second-order valence-electron chi connectivity index (χ2n) is 8.34. The Morgan fingerprint density at radius 1 is 1.25 bits per heavy atom. The van der Waals surface area contributed by atoms with Crippen molar-refractivity contribution in [3.8, 4) is 5.75 Å². The van der Waals surface area contributed by atoms with Crippen LogP contribution < -0.4 is 10.5 Å². The largest absolute Gasteiger partial charge is 0.493 e. The lowest BCUT2D eigenvalue weighted by atomic mass is 9.91. The van der Waals surface area contributed by atoms with Crippen LogP contribution in [0.2, 0.25) is 0 Å². The van der Waals surface area contributed by atoms with Crippen LogP contribution in [0.5, 0.6) is 5.75 Å². The molecule has 2 N–H and O–H groups in total. The van der Waals surface area contributed by atoms with Crippen LogP contribution >= 0.6 is 0 Å². The number of halogens is 1. The first-order valence-electron chi connectivity index (χ1n) is 11.3. The predicted octanol–water partition coefficient (Wildman–Crippen LogP) is 4.67. The Hall–Kier alpha value is -2.77. The van der Waals surface area contributed by atoms with Gasteiger partial charge in [0, 0.05) is 36.9 Å². The van der Waals surface area contributed by atoms with Gasteiger partial charge in [0.15, 0.2) is 11.4 Å². The Morgan fingerprint density at radius 3 is 2.81 bits per heavy atom. The minimum absolute atomic E-state index is 0.0699. The molecule has 7 heteroatoms. The molecule has 1 aliphatic heterocycles. The summed E-state index contributed by atoms with van der Waals surface area (Å²) in [4.78, 5) is 14.7. The van der Waals surface area contributed by atoms with Crippen molar-refractivity contribution in [1.29, 1.82) is 0 Å². The molecule has 170 valence electrons. The molecule has 0 bridgehead atoms. The highest BCUT2D eigenvalue weighted by molar-refractivity contribution is 5.98. The van der Waals surface area contributed by atoms with Crippen molar-refractivity contribution >= 4 is 16.8 Å². The van der Waals surface area contributed by atoms with Gasteiger partial charge in [0.2, 0.25) is 0 Å². The fraction of sp³-hybridized carbons (Fsp3) is 0.440. The van der Waals surface area contributed by atoms with Gasteiger partial charge in [-0.25, -0.2) is 4.39 Å². The smallest absolute Gasteiger partial charge is 0.170 e. The van der Waals surface area contributed by atoms with E-state index in [2.05, 4.69) is 10.1 Å². The van der Waals surface area contributed by atoms with E-state index in [1.807, 2.05) is 25.1 Å². The number of Topliss-reactive ketones (excluding diaryl/α,β-unsaturated/α-hetero) is 1. The Labute approximate surface area is 187 Å². The van der Waals surface area contributed by atoms with Crippen molar-refractivity contribution < 1.29 is 18.4 Å². The number of ether oxygens (including phenoxy) is 1. The lowest BCUT2D eigenvalue weighted by Gasteiger charge is -2.31. The van der Waals surface area contributed by atoms with Crippen LogP contribution in [0.25, 0.3) is 11.0 Å². The van der Waals surface area contributed by atoms with Gasteiger partial charge in [-0.3, -0.25) is 4.79 Å². The Bertz CT molecular complexity index is 1070. The number of hydrogen-bond donors (Lipinski definition) is 1. The van der Waals surface area contributed by atoms with Gasteiger partial charge in [0.05, 0.1) is 17.9 Å². The van der Waals surface area contributed by atoms with Crippen LogP contribution in [0.15, 0.2) is 40.9 Å². The van der Waals surface area contributed by atoms with Gasteiger partial charge in [-0.05, 0) is 62.2 Å². The first-order chi connectivity index (χ1) is 15.6. The lowest BCUT2D eigenvalue weighted by molar-refractivity contribution is 0.0983. The van der Waals surface area contributed by atoms with Gasteiger partial charge >= 0.3 is 0 Å². The Balaban J connectivity index is 1.26. The zero-order valence-electron chi connectivity index (χ0n) is 18.5. The molecule has 0 spiro atoms. The topological polar surface area (TPSA) is 81.6 Å². The molecule has 2 aromatic carbocycles. The third-order valence-electron chi connectivity index (χ3n) is 6.21. The molecular formula is C25H30FN3O3. The number of piperidine rings is 1. The van der Waals surface area contributed by atoms with Crippen molar-refractivity contribution in [3.05, 3.63) is 59.0 Å². The second-order valence-corrected chi connectivity index (χ2v) is 8.34. The average Bonchev–Trinajstić information content (AvgIpc) is 3.24. The molecule has 0 aliphatic carbocycles. The Morgan fingerprint density at radius 2 is 2.06 bits per heavy atom. The van der Waals surface area contributed by atoms with E-state index >= 15 is 0 Å². The summed E-state index contributed by atoms with van der Waals surface area (Å²) in [6, 6.07) is 10.2. The highest BCUT2D eigenvalue weighted by Crippen LogP contribution is 2.32. The zero-order valence-corrected chi connectivity index (χ0v) is 18.5. The minimum atomic E-state index is -0.307. The normalized spacial score (nSPS) is 15.3. The molecule has 0 unspecified atom stereocenters. The van der Waals surface area contributed by atoms with Gasteiger partial charge in [0.25, 0.3) is 0 Å². The maximum atomic E-state index is 13.4. The number of nitrogens with zero attached hydrogens (tertiary/aromatic N) is 2. The summed E-state index contributed by atoms with van der Waals surface area (Å²) in [6.45, 7) is 5.71. The highest BCUT2D eigenvalue weighted by Gasteiger charge is 2.25. The summed E-state index contributed by atoms with van der Waals surface area (Å²) in [5, 5.41) is 5.13. The number of benzene rings is 2. The summed E-state index contributed by atoms with van der Waals surface area (Å²) in [7, 11) is 0. The lowest BCUT2D eigenvalue weighted by Crippen LogP contribution is -2.34. The molecule has 4 rings (SSSR count). The van der Waals surface area contributed by atoms with E-state index in [0.717, 1.165) is 55.5 Å². The van der Waals surface area contributed by atoms with Crippen LogP contribution in [-0.4, -0.2) is 42.1 Å². The van der Waals surface area contributed by atoms with Gasteiger partial charge in [-0.15, -0.1) is 0 Å². The second kappa shape index (κ2) is 10.2. The van der Waals surface area contributed by atoms with E-state index in [-0.39, 0.29) is 11.6 Å². The van der Waals surface area contributed by atoms with Gasteiger partial charge in [-0.1, -0.05) is 18.1 Å². The molecule has 0 amide bonds. The molecule has 0 radical (unpaired) electrons. The van der Waals surface area contributed by atoms with E-state index in [1.54, 1.807) is 6.07 Å². The van der Waals surface area contributed by atoms with Gasteiger partial charge in [-0.2, -0.15) is 0 Å². The molecule has 0 saturated carbocycles. The maximum absolute atomic E-state index is 13.4. The molecule has 1 fully saturated rings. The standard InChI is InChI=1S/C25H30FN3O3/c1-2-22(30)21-14-17(16-27)4-7-23(21)31-13-3-10-29-11-8-18(9-12-29)25-20-6-5-19(26)15-24(20)32-28-25/h4-7,14-15,18H,2-3,8-13,16,27H2,1H3. The van der Waals surface area contributed by atoms with E-state index in [9.17, 15) is 9.18 Å². The first kappa shape index (κ1) is 22.4. The molecule has 1 aliphatic rings. The average molecular weight is 440 g/mol. The molecule has 3 aromatic rings. The number of rotatable bonds is 9. The van der Waals surface area contributed by atoms with E-state index < -0.39 is 0 Å². The number of carbonyl (C=O) groups excluding carboxylic acids is 1. The molecule has 1 aromatic heterocycles. The first-order valence-corrected chi connectivity index (χ1v) is 11.3. The van der Waals surface area contributed by atoms with Crippen molar-refractivity contribution in [2.24, 2.45) is 5.73 Å². The minimum Gasteiger partial charge on any atom is -0.493 e. The molecule has 6 nitrogen and oxygen atoms in total. The number of aromatic nitrogens is 1. The predicted molar refractivity (Wildman–Crippen MR) is 121 cm³/mol. The summed E-state index contributed by atoms with van der Waals surface area (Å²) in [6.07, 6.45) is 3.31. The van der Waals surface area contributed by atoms with Crippen molar-refractivity contribution in [2.45, 2.75) is 45.1 Å². The monoisotopic (exact) mass is 439 g/mol. The molecule has 0 atom stereocenters. The molecular weight excluding hydrogens is 409 g/mol. The number of nitrogens with two attached hydrogens (primary N) is 1. The van der Waals surface area contributed by atoms with Crippen LogP contribution in [0.3, 0.4) is 0 Å². The van der Waals surface area contributed by atoms with Crippen LogP contribution in [-0.2, 0) is 6.54 Å². The molecule has 1 saturated heterocycles. The van der Waals surface area contributed by atoms with E-state index in [4.69, 9.17) is 15.0 Å². The third-order valence-corrected chi connectivity index (χ3v) is 6.21. The van der Waals surface area contributed by atoms with E-state index in [1.165, 1.54) is 12.1 Å². The van der Waals surface area contributed by atoms with Crippen molar-refractivity contribution in [3.63, 3.8) is 0 Å². The molecule has 32 heavy (non-hydrogen) atoms. The van der Waals surface area contributed by atoms with Crippen LogP contribution in [0, 0.1) is 5.82 Å². The summed E-state index contributed by atoms with van der Waals surface area (Å²) < 4.78 is 24.7. The number of hydrogen-bond acceptors (Lipinski definition) is 6. The number of ketones is 1. The van der Waals surface area contributed by atoms with Crippen LogP contribution in [0.4, 0.5) is 4.39 Å². The fourth-order valence-corrected chi connectivity index (χ4v) is 4.36.